The normalized spacial score (nSPS) is 18.9. The first-order valence-corrected chi connectivity index (χ1v) is 9.01. The van der Waals surface area contributed by atoms with Crippen LogP contribution in [0.15, 0.2) is 5.38 Å². The van der Waals surface area contributed by atoms with E-state index in [9.17, 15) is 9.59 Å². The van der Waals surface area contributed by atoms with Gasteiger partial charge < -0.3 is 16.0 Å². The van der Waals surface area contributed by atoms with Gasteiger partial charge in [-0.05, 0) is 19.3 Å². The molecule has 3 amide bonds. The van der Waals surface area contributed by atoms with Crippen molar-refractivity contribution in [1.82, 2.24) is 20.9 Å². The van der Waals surface area contributed by atoms with Gasteiger partial charge in [0, 0.05) is 30.3 Å². The molecule has 2 heterocycles. The Morgan fingerprint density at radius 3 is 2.91 bits per heavy atom. The number of amides is 3. The van der Waals surface area contributed by atoms with E-state index in [4.69, 9.17) is 0 Å². The number of hydrogen-bond donors (Lipinski definition) is 3. The number of hydrogen-bond acceptors (Lipinski definition) is 4. The Kier molecular flexibility index (Phi) is 5.98. The van der Waals surface area contributed by atoms with E-state index in [1.54, 1.807) is 11.3 Å². The molecule has 0 bridgehead atoms. The van der Waals surface area contributed by atoms with E-state index < -0.39 is 6.04 Å². The Labute approximate surface area is 141 Å². The molecule has 1 saturated heterocycles. The maximum Gasteiger partial charge on any atom is 0.315 e. The summed E-state index contributed by atoms with van der Waals surface area (Å²) in [4.78, 5) is 28.3. The molecule has 7 heteroatoms. The zero-order chi connectivity index (χ0) is 16.9. The van der Waals surface area contributed by atoms with Crippen LogP contribution in [0.3, 0.4) is 0 Å². The molecule has 128 valence electrons. The van der Waals surface area contributed by atoms with Crippen LogP contribution in [-0.4, -0.2) is 36.1 Å². The summed E-state index contributed by atoms with van der Waals surface area (Å²) in [5, 5.41) is 11.4. The van der Waals surface area contributed by atoms with E-state index in [-0.39, 0.29) is 17.4 Å². The number of thiazole rings is 1. The zero-order valence-electron chi connectivity index (χ0n) is 14.1. The van der Waals surface area contributed by atoms with Gasteiger partial charge >= 0.3 is 6.03 Å². The van der Waals surface area contributed by atoms with Crippen LogP contribution in [0.2, 0.25) is 0 Å². The highest BCUT2D eigenvalue weighted by Gasteiger charge is 2.22. The average Bonchev–Trinajstić information content (AvgIpc) is 2.86. The highest BCUT2D eigenvalue weighted by molar-refractivity contribution is 7.09. The Morgan fingerprint density at radius 1 is 1.43 bits per heavy atom. The summed E-state index contributed by atoms with van der Waals surface area (Å²) < 4.78 is 0. The number of nitrogens with one attached hydrogen (secondary N) is 3. The number of nitrogens with zero attached hydrogens (tertiary/aromatic N) is 1. The molecule has 3 N–H and O–H groups in total. The summed E-state index contributed by atoms with van der Waals surface area (Å²) in [7, 11) is 0. The van der Waals surface area contributed by atoms with Crippen LogP contribution in [0.5, 0.6) is 0 Å². The Hall–Kier alpha value is -1.63. The van der Waals surface area contributed by atoms with Crippen molar-refractivity contribution in [3.05, 3.63) is 16.1 Å². The average molecular weight is 338 g/mol. The van der Waals surface area contributed by atoms with E-state index in [0.29, 0.717) is 25.9 Å². The van der Waals surface area contributed by atoms with Gasteiger partial charge in [0.2, 0.25) is 5.91 Å². The quantitative estimate of drug-likeness (QED) is 0.785. The van der Waals surface area contributed by atoms with Gasteiger partial charge in [-0.25, -0.2) is 9.78 Å². The van der Waals surface area contributed by atoms with Crippen molar-refractivity contribution < 1.29 is 9.59 Å². The van der Waals surface area contributed by atoms with Crippen LogP contribution in [0.1, 0.15) is 50.7 Å². The topological polar surface area (TPSA) is 83.1 Å². The second-order valence-corrected chi connectivity index (χ2v) is 7.81. The lowest BCUT2D eigenvalue weighted by Gasteiger charge is -2.15. The van der Waals surface area contributed by atoms with E-state index in [1.165, 1.54) is 0 Å². The number of carbonyl (C=O) groups excluding carboxylic acids is 2. The fourth-order valence-corrected chi connectivity index (χ4v) is 3.36. The van der Waals surface area contributed by atoms with Crippen LogP contribution in [0, 0.1) is 0 Å². The van der Waals surface area contributed by atoms with Crippen molar-refractivity contribution in [2.24, 2.45) is 0 Å². The summed E-state index contributed by atoms with van der Waals surface area (Å²) >= 11 is 1.62. The summed E-state index contributed by atoms with van der Waals surface area (Å²) in [6.07, 6.45) is 3.30. The van der Waals surface area contributed by atoms with Gasteiger partial charge in [-0.3, -0.25) is 4.79 Å². The molecule has 23 heavy (non-hydrogen) atoms. The second kappa shape index (κ2) is 7.77. The van der Waals surface area contributed by atoms with Crippen LogP contribution < -0.4 is 16.0 Å². The van der Waals surface area contributed by atoms with E-state index in [0.717, 1.165) is 23.5 Å². The summed E-state index contributed by atoms with van der Waals surface area (Å²) in [5.74, 6) is -0.0904. The molecule has 0 spiro atoms. The Morgan fingerprint density at radius 2 is 2.22 bits per heavy atom. The molecule has 1 aromatic heterocycles. The van der Waals surface area contributed by atoms with Crippen molar-refractivity contribution in [2.75, 3.05) is 13.1 Å². The molecule has 2 rings (SSSR count). The second-order valence-electron chi connectivity index (χ2n) is 6.87. The maximum absolute atomic E-state index is 11.9. The molecule has 1 aliphatic rings. The highest BCUT2D eigenvalue weighted by Crippen LogP contribution is 2.23. The Balaban J connectivity index is 1.74. The summed E-state index contributed by atoms with van der Waals surface area (Å²) in [6.45, 7) is 7.61. The fourth-order valence-electron chi connectivity index (χ4n) is 2.34. The van der Waals surface area contributed by atoms with Crippen molar-refractivity contribution in [2.45, 2.75) is 57.9 Å². The number of rotatable bonds is 4. The lowest BCUT2D eigenvalue weighted by atomic mass is 9.93. The predicted octanol–water partition coefficient (Wildman–Crippen LogP) is 1.95. The molecule has 6 nitrogen and oxygen atoms in total. The lowest BCUT2D eigenvalue weighted by molar-refractivity contribution is -0.122. The van der Waals surface area contributed by atoms with Gasteiger partial charge in [0.25, 0.3) is 0 Å². The third kappa shape index (κ3) is 5.49. The largest absolute Gasteiger partial charge is 0.354 e. The molecule has 1 fully saturated rings. The molecule has 1 aromatic rings. The number of aromatic nitrogens is 1. The lowest BCUT2D eigenvalue weighted by Crippen LogP contribution is -2.49. The van der Waals surface area contributed by atoms with E-state index in [2.05, 4.69) is 47.1 Å². The molecule has 1 unspecified atom stereocenters. The maximum atomic E-state index is 11.9. The number of carbonyl (C=O) groups is 2. The predicted molar refractivity (Wildman–Crippen MR) is 91.7 cm³/mol. The smallest absolute Gasteiger partial charge is 0.315 e. The van der Waals surface area contributed by atoms with Crippen LogP contribution in [0.4, 0.5) is 4.79 Å². The van der Waals surface area contributed by atoms with Crippen molar-refractivity contribution >= 4 is 23.3 Å². The monoisotopic (exact) mass is 338 g/mol. The molecular formula is C16H26N4O2S. The molecule has 0 saturated carbocycles. The minimum atomic E-state index is -0.426. The van der Waals surface area contributed by atoms with Gasteiger partial charge in [-0.1, -0.05) is 20.8 Å². The van der Waals surface area contributed by atoms with Crippen molar-refractivity contribution in [3.8, 4) is 0 Å². The fraction of sp³-hybridized carbons (Fsp3) is 0.688. The van der Waals surface area contributed by atoms with Crippen molar-refractivity contribution in [3.63, 3.8) is 0 Å². The minimum Gasteiger partial charge on any atom is -0.354 e. The summed E-state index contributed by atoms with van der Waals surface area (Å²) in [6, 6.07) is -0.718. The molecule has 0 aliphatic carbocycles. The molecular weight excluding hydrogens is 312 g/mol. The molecule has 1 aliphatic heterocycles. The Bertz CT molecular complexity index is 551. The first-order valence-electron chi connectivity index (χ1n) is 8.13. The third-order valence-corrected chi connectivity index (χ3v) is 4.69. The van der Waals surface area contributed by atoms with E-state index in [1.807, 2.05) is 0 Å². The SMILES string of the molecule is CC(C)(C)c1csc(CCNC(=O)NC2CCCCNC2=O)n1. The van der Waals surface area contributed by atoms with E-state index >= 15 is 0 Å². The summed E-state index contributed by atoms with van der Waals surface area (Å²) in [5.41, 5.74) is 1.13. The van der Waals surface area contributed by atoms with Gasteiger partial charge in [0.1, 0.15) is 6.04 Å². The first kappa shape index (κ1) is 17.7. The third-order valence-electron chi connectivity index (χ3n) is 3.79. The van der Waals surface area contributed by atoms with Gasteiger partial charge in [-0.15, -0.1) is 11.3 Å². The van der Waals surface area contributed by atoms with Crippen LogP contribution in [-0.2, 0) is 16.6 Å². The van der Waals surface area contributed by atoms with Gasteiger partial charge in [0.15, 0.2) is 0 Å². The van der Waals surface area contributed by atoms with Crippen molar-refractivity contribution in [1.29, 1.82) is 0 Å². The molecule has 1 atom stereocenters. The molecule has 0 aromatic carbocycles. The molecule has 0 radical (unpaired) electrons. The first-order chi connectivity index (χ1) is 10.9. The van der Waals surface area contributed by atoms with Crippen LogP contribution >= 0.6 is 11.3 Å². The van der Waals surface area contributed by atoms with Crippen LogP contribution in [0.25, 0.3) is 0 Å². The van der Waals surface area contributed by atoms with Gasteiger partial charge in [-0.2, -0.15) is 0 Å². The minimum absolute atomic E-state index is 0.0480. The zero-order valence-corrected chi connectivity index (χ0v) is 14.9. The standard InChI is InChI=1S/C16H26N4O2S/c1-16(2,3)12-10-23-13(20-12)7-9-18-15(22)19-11-6-4-5-8-17-14(11)21/h10-11H,4-9H2,1-3H3,(H,17,21)(H2,18,19,22). The van der Waals surface area contributed by atoms with Gasteiger partial charge in [0.05, 0.1) is 10.7 Å². The number of urea groups is 1. The highest BCUT2D eigenvalue weighted by atomic mass is 32.1.